The van der Waals surface area contributed by atoms with Gasteiger partial charge in [-0.2, -0.15) is 0 Å². The first-order valence-electron chi connectivity index (χ1n) is 6.53. The number of nitrogens with zero attached hydrogens (tertiary/aromatic N) is 2. The van der Waals surface area contributed by atoms with Crippen molar-refractivity contribution in [2.24, 2.45) is 5.92 Å². The van der Waals surface area contributed by atoms with Gasteiger partial charge in [0.05, 0.1) is 0 Å². The Kier molecular flexibility index (Phi) is 4.22. The van der Waals surface area contributed by atoms with E-state index in [-0.39, 0.29) is 5.69 Å². The molecule has 1 aromatic heterocycles. The standard InChI is InChI=1S/C13H20N2O2S/c1-3-9-4-6-10(7-5-9)15(2)13-14-11(8-18-13)12(16)17/h8-10H,3-7H2,1-2H3,(H,16,17). The van der Waals surface area contributed by atoms with Crippen molar-refractivity contribution in [2.45, 2.75) is 45.1 Å². The third kappa shape index (κ3) is 2.83. The summed E-state index contributed by atoms with van der Waals surface area (Å²) in [6.45, 7) is 2.26. The summed E-state index contributed by atoms with van der Waals surface area (Å²) in [6.07, 6.45) is 6.22. The topological polar surface area (TPSA) is 53.4 Å². The normalized spacial score (nSPS) is 23.9. The van der Waals surface area contributed by atoms with Crippen LogP contribution in [-0.4, -0.2) is 29.1 Å². The highest BCUT2D eigenvalue weighted by molar-refractivity contribution is 7.13. The van der Waals surface area contributed by atoms with Crippen molar-refractivity contribution < 1.29 is 9.90 Å². The second-order valence-electron chi connectivity index (χ2n) is 5.01. The van der Waals surface area contributed by atoms with Crippen molar-refractivity contribution in [3.05, 3.63) is 11.1 Å². The van der Waals surface area contributed by atoms with E-state index < -0.39 is 5.97 Å². The Balaban J connectivity index is 1.98. The van der Waals surface area contributed by atoms with Gasteiger partial charge in [-0.25, -0.2) is 9.78 Å². The molecule has 1 aromatic rings. The number of aromatic nitrogens is 1. The first-order valence-corrected chi connectivity index (χ1v) is 7.41. The number of carboxylic acids is 1. The number of carboxylic acid groups (broad SMARTS) is 1. The van der Waals surface area contributed by atoms with E-state index in [2.05, 4.69) is 16.8 Å². The average Bonchev–Trinajstić information content (AvgIpc) is 2.88. The first kappa shape index (κ1) is 13.3. The zero-order valence-electron chi connectivity index (χ0n) is 10.9. The maximum atomic E-state index is 10.8. The van der Waals surface area contributed by atoms with Crippen molar-refractivity contribution >= 4 is 22.4 Å². The highest BCUT2D eigenvalue weighted by atomic mass is 32.1. The highest BCUT2D eigenvalue weighted by Gasteiger charge is 2.25. The molecule has 4 nitrogen and oxygen atoms in total. The van der Waals surface area contributed by atoms with Crippen LogP contribution in [0.1, 0.15) is 49.5 Å². The minimum atomic E-state index is -0.944. The summed E-state index contributed by atoms with van der Waals surface area (Å²) in [7, 11) is 2.03. The molecule has 0 atom stereocenters. The van der Waals surface area contributed by atoms with E-state index in [1.54, 1.807) is 5.38 Å². The SMILES string of the molecule is CCC1CCC(N(C)c2nc(C(=O)O)cs2)CC1. The number of hydrogen-bond acceptors (Lipinski definition) is 4. The molecule has 1 N–H and O–H groups in total. The van der Waals surface area contributed by atoms with Gasteiger partial charge >= 0.3 is 5.97 Å². The Labute approximate surface area is 112 Å². The highest BCUT2D eigenvalue weighted by Crippen LogP contribution is 2.32. The lowest BCUT2D eigenvalue weighted by Crippen LogP contribution is -2.35. The molecule has 0 aromatic carbocycles. The summed E-state index contributed by atoms with van der Waals surface area (Å²) >= 11 is 1.42. The van der Waals surface area contributed by atoms with Gasteiger partial charge in [-0.1, -0.05) is 13.3 Å². The van der Waals surface area contributed by atoms with E-state index in [1.807, 2.05) is 7.05 Å². The lowest BCUT2D eigenvalue weighted by molar-refractivity contribution is 0.0691. The molecule has 1 aliphatic rings. The van der Waals surface area contributed by atoms with Crippen LogP contribution in [0.4, 0.5) is 5.13 Å². The quantitative estimate of drug-likeness (QED) is 0.910. The fourth-order valence-corrected chi connectivity index (χ4v) is 3.46. The van der Waals surface area contributed by atoms with E-state index in [9.17, 15) is 4.79 Å². The second-order valence-corrected chi connectivity index (χ2v) is 5.85. The summed E-state index contributed by atoms with van der Waals surface area (Å²) in [5.74, 6) is -0.0684. The van der Waals surface area contributed by atoms with Crippen molar-refractivity contribution in [3.8, 4) is 0 Å². The Bertz CT molecular complexity index is 411. The third-order valence-electron chi connectivity index (χ3n) is 3.95. The molecule has 0 saturated heterocycles. The van der Waals surface area contributed by atoms with E-state index >= 15 is 0 Å². The minimum absolute atomic E-state index is 0.157. The molecule has 0 amide bonds. The Morgan fingerprint density at radius 2 is 2.17 bits per heavy atom. The maximum absolute atomic E-state index is 10.8. The van der Waals surface area contributed by atoms with Gasteiger partial charge in [0.2, 0.25) is 0 Å². The zero-order valence-corrected chi connectivity index (χ0v) is 11.7. The summed E-state index contributed by atoms with van der Waals surface area (Å²) in [4.78, 5) is 17.1. The van der Waals surface area contributed by atoms with Crippen molar-refractivity contribution in [2.75, 3.05) is 11.9 Å². The number of thiazole rings is 1. The molecule has 1 heterocycles. The van der Waals surface area contributed by atoms with Gasteiger partial charge in [0.25, 0.3) is 0 Å². The predicted molar refractivity (Wildman–Crippen MR) is 73.5 cm³/mol. The predicted octanol–water partition coefficient (Wildman–Crippen LogP) is 3.25. The lowest BCUT2D eigenvalue weighted by Gasteiger charge is -2.34. The van der Waals surface area contributed by atoms with Crippen LogP contribution in [-0.2, 0) is 0 Å². The van der Waals surface area contributed by atoms with Crippen molar-refractivity contribution in [3.63, 3.8) is 0 Å². The van der Waals surface area contributed by atoms with E-state index in [0.29, 0.717) is 6.04 Å². The molecular weight excluding hydrogens is 248 g/mol. The Morgan fingerprint density at radius 1 is 1.50 bits per heavy atom. The van der Waals surface area contributed by atoms with Crippen LogP contribution in [0.25, 0.3) is 0 Å². The van der Waals surface area contributed by atoms with E-state index in [1.165, 1.54) is 43.4 Å². The summed E-state index contributed by atoms with van der Waals surface area (Å²) in [6, 6.07) is 0.514. The first-order chi connectivity index (χ1) is 8.61. The molecule has 0 spiro atoms. The van der Waals surface area contributed by atoms with Gasteiger partial charge in [-0.05, 0) is 31.6 Å². The monoisotopic (exact) mass is 268 g/mol. The molecule has 18 heavy (non-hydrogen) atoms. The minimum Gasteiger partial charge on any atom is -0.476 e. The van der Waals surface area contributed by atoms with Crippen molar-refractivity contribution in [1.82, 2.24) is 4.98 Å². The van der Waals surface area contributed by atoms with Crippen LogP contribution in [0.3, 0.4) is 0 Å². The fraction of sp³-hybridized carbons (Fsp3) is 0.692. The molecule has 0 unspecified atom stereocenters. The van der Waals surface area contributed by atoms with Gasteiger partial charge in [-0.15, -0.1) is 11.3 Å². The molecule has 1 saturated carbocycles. The number of rotatable bonds is 4. The summed E-state index contributed by atoms with van der Waals surface area (Å²) in [5.41, 5.74) is 0.157. The number of aromatic carboxylic acids is 1. The second kappa shape index (κ2) is 5.69. The van der Waals surface area contributed by atoms with E-state index in [0.717, 1.165) is 11.0 Å². The average molecular weight is 268 g/mol. The number of hydrogen-bond donors (Lipinski definition) is 1. The molecular formula is C13H20N2O2S. The fourth-order valence-electron chi connectivity index (χ4n) is 2.62. The Hall–Kier alpha value is -1.10. The lowest BCUT2D eigenvalue weighted by atomic mass is 9.84. The van der Waals surface area contributed by atoms with Gasteiger partial charge in [-0.3, -0.25) is 0 Å². The van der Waals surface area contributed by atoms with Gasteiger partial charge in [0.1, 0.15) is 0 Å². The Morgan fingerprint density at radius 3 is 2.67 bits per heavy atom. The van der Waals surface area contributed by atoms with Gasteiger partial charge < -0.3 is 10.0 Å². The van der Waals surface area contributed by atoms with Gasteiger partial charge in [0.15, 0.2) is 10.8 Å². The molecule has 100 valence electrons. The van der Waals surface area contributed by atoms with Crippen LogP contribution in [0.2, 0.25) is 0 Å². The van der Waals surface area contributed by atoms with Crippen LogP contribution in [0.5, 0.6) is 0 Å². The largest absolute Gasteiger partial charge is 0.476 e. The zero-order chi connectivity index (χ0) is 13.1. The third-order valence-corrected chi connectivity index (χ3v) is 4.89. The number of carbonyl (C=O) groups is 1. The molecule has 5 heteroatoms. The maximum Gasteiger partial charge on any atom is 0.355 e. The molecule has 0 radical (unpaired) electrons. The number of anilines is 1. The van der Waals surface area contributed by atoms with E-state index in [4.69, 9.17) is 5.11 Å². The molecule has 2 rings (SSSR count). The summed E-state index contributed by atoms with van der Waals surface area (Å²) in [5, 5.41) is 11.3. The van der Waals surface area contributed by atoms with Crippen LogP contribution in [0, 0.1) is 5.92 Å². The summed E-state index contributed by atoms with van der Waals surface area (Å²) < 4.78 is 0. The molecule has 1 aliphatic carbocycles. The molecule has 0 aliphatic heterocycles. The van der Waals surface area contributed by atoms with Crippen LogP contribution >= 0.6 is 11.3 Å². The van der Waals surface area contributed by atoms with Gasteiger partial charge in [0, 0.05) is 18.5 Å². The van der Waals surface area contributed by atoms with Crippen molar-refractivity contribution in [1.29, 1.82) is 0 Å². The van der Waals surface area contributed by atoms with Crippen LogP contribution < -0.4 is 4.90 Å². The molecule has 0 bridgehead atoms. The smallest absolute Gasteiger partial charge is 0.355 e. The molecule has 1 fully saturated rings. The van der Waals surface area contributed by atoms with Crippen LogP contribution in [0.15, 0.2) is 5.38 Å².